The van der Waals surface area contributed by atoms with Crippen LogP contribution >= 0.6 is 0 Å². The van der Waals surface area contributed by atoms with Gasteiger partial charge >= 0.3 is 0 Å². The molecule has 0 unspecified atom stereocenters. The van der Waals surface area contributed by atoms with E-state index < -0.39 is 10.0 Å². The van der Waals surface area contributed by atoms with Gasteiger partial charge in [0.05, 0.1) is 4.90 Å². The van der Waals surface area contributed by atoms with Crippen molar-refractivity contribution in [2.75, 3.05) is 13.2 Å². The molecule has 22 heavy (non-hydrogen) atoms. The number of nitrogens with one attached hydrogen (secondary N) is 1. The largest absolute Gasteiger partial charge is 0.492 e. The summed E-state index contributed by atoms with van der Waals surface area (Å²) in [7, 11) is -3.65. The van der Waals surface area contributed by atoms with Crippen molar-refractivity contribution in [2.45, 2.75) is 11.8 Å². The highest BCUT2D eigenvalue weighted by atomic mass is 32.2. The van der Waals surface area contributed by atoms with Crippen molar-refractivity contribution >= 4 is 15.8 Å². The van der Waals surface area contributed by atoms with Crippen LogP contribution in [0, 0.1) is 0 Å². The fourth-order valence-corrected chi connectivity index (χ4v) is 2.89. The summed E-state index contributed by atoms with van der Waals surface area (Å²) in [5.41, 5.74) is 0.364. The monoisotopic (exact) mass is 319 g/mol. The lowest BCUT2D eigenvalue weighted by molar-refractivity contribution is 0.101. The maximum atomic E-state index is 12.1. The van der Waals surface area contributed by atoms with Crippen molar-refractivity contribution in [3.05, 3.63) is 60.2 Å². The van der Waals surface area contributed by atoms with Crippen LogP contribution in [-0.4, -0.2) is 27.4 Å². The van der Waals surface area contributed by atoms with Crippen LogP contribution in [0.3, 0.4) is 0 Å². The molecular formula is C16H17NO4S. The average molecular weight is 319 g/mol. The molecule has 6 heteroatoms. The van der Waals surface area contributed by atoms with Crippen LogP contribution in [0.15, 0.2) is 59.5 Å². The molecule has 1 N–H and O–H groups in total. The first-order valence-corrected chi connectivity index (χ1v) is 8.26. The van der Waals surface area contributed by atoms with Gasteiger partial charge in [0.25, 0.3) is 0 Å². The van der Waals surface area contributed by atoms with Gasteiger partial charge in [-0.25, -0.2) is 13.1 Å². The lowest BCUT2D eigenvalue weighted by atomic mass is 10.2. The van der Waals surface area contributed by atoms with Crippen molar-refractivity contribution < 1.29 is 17.9 Å². The Morgan fingerprint density at radius 2 is 1.82 bits per heavy atom. The molecule has 0 amide bonds. The van der Waals surface area contributed by atoms with Crippen LogP contribution in [0.1, 0.15) is 17.3 Å². The van der Waals surface area contributed by atoms with E-state index in [1.807, 2.05) is 18.2 Å². The van der Waals surface area contributed by atoms with Crippen LogP contribution in [0.25, 0.3) is 0 Å². The van der Waals surface area contributed by atoms with Crippen molar-refractivity contribution in [3.63, 3.8) is 0 Å². The standard InChI is InChI=1S/C16H17NO4S/c1-13(18)14-6-5-9-16(12-14)22(19,20)17-10-11-21-15-7-3-2-4-8-15/h2-9,12,17H,10-11H2,1H3. The molecule has 0 bridgehead atoms. The molecule has 0 heterocycles. The Morgan fingerprint density at radius 1 is 1.09 bits per heavy atom. The third-order valence-electron chi connectivity index (χ3n) is 2.96. The van der Waals surface area contributed by atoms with Crippen molar-refractivity contribution in [1.82, 2.24) is 4.72 Å². The molecule has 0 atom stereocenters. The van der Waals surface area contributed by atoms with E-state index in [0.717, 1.165) is 0 Å². The molecule has 0 radical (unpaired) electrons. The zero-order valence-corrected chi connectivity index (χ0v) is 13.0. The van der Waals surface area contributed by atoms with Gasteiger partial charge in [-0.15, -0.1) is 0 Å². The minimum absolute atomic E-state index is 0.0694. The number of hydrogen-bond donors (Lipinski definition) is 1. The molecule has 0 fully saturated rings. The quantitative estimate of drug-likeness (QED) is 0.627. The molecule has 2 aromatic carbocycles. The van der Waals surface area contributed by atoms with E-state index >= 15 is 0 Å². The first kappa shape index (κ1) is 16.2. The Bertz CT molecular complexity index is 742. The fourth-order valence-electron chi connectivity index (χ4n) is 1.83. The second-order valence-corrected chi connectivity index (χ2v) is 6.41. The number of ether oxygens (including phenoxy) is 1. The lowest BCUT2D eigenvalue weighted by Crippen LogP contribution is -2.28. The van der Waals surface area contributed by atoms with Gasteiger partial charge in [0.2, 0.25) is 10.0 Å². The molecule has 0 aliphatic rings. The van der Waals surface area contributed by atoms with Crippen LogP contribution < -0.4 is 9.46 Å². The lowest BCUT2D eigenvalue weighted by Gasteiger charge is -2.09. The summed E-state index contributed by atoms with van der Waals surface area (Å²) in [6.07, 6.45) is 0. The second-order valence-electron chi connectivity index (χ2n) is 4.64. The van der Waals surface area contributed by atoms with Gasteiger partial charge in [0, 0.05) is 12.1 Å². The maximum Gasteiger partial charge on any atom is 0.240 e. The summed E-state index contributed by atoms with van der Waals surface area (Å²) in [6.45, 7) is 1.75. The SMILES string of the molecule is CC(=O)c1cccc(S(=O)(=O)NCCOc2ccccc2)c1. The first-order chi connectivity index (χ1) is 10.5. The first-order valence-electron chi connectivity index (χ1n) is 6.77. The van der Waals surface area contributed by atoms with E-state index in [9.17, 15) is 13.2 Å². The Balaban J connectivity index is 1.94. The number of para-hydroxylation sites is 1. The number of hydrogen-bond acceptors (Lipinski definition) is 4. The summed E-state index contributed by atoms with van der Waals surface area (Å²) >= 11 is 0. The minimum atomic E-state index is -3.65. The van der Waals surface area contributed by atoms with Gasteiger partial charge < -0.3 is 4.74 Å². The number of Topliss-reactive ketones (excluding diaryl/α,β-unsaturated/α-hetero) is 1. The minimum Gasteiger partial charge on any atom is -0.492 e. The summed E-state index contributed by atoms with van der Waals surface area (Å²) in [6, 6.07) is 15.1. The topological polar surface area (TPSA) is 72.5 Å². The highest BCUT2D eigenvalue weighted by Gasteiger charge is 2.14. The number of carbonyl (C=O) groups is 1. The molecule has 116 valence electrons. The number of carbonyl (C=O) groups excluding carboxylic acids is 1. The van der Waals surface area contributed by atoms with Gasteiger partial charge in [0.1, 0.15) is 12.4 Å². The van der Waals surface area contributed by atoms with Gasteiger partial charge in [-0.05, 0) is 31.2 Å². The molecule has 0 spiro atoms. The Kier molecular flexibility index (Phi) is 5.30. The third-order valence-corrected chi connectivity index (χ3v) is 4.42. The van der Waals surface area contributed by atoms with Gasteiger partial charge in [-0.1, -0.05) is 30.3 Å². The van der Waals surface area contributed by atoms with Crippen molar-refractivity contribution in [3.8, 4) is 5.75 Å². The number of rotatable bonds is 7. The highest BCUT2D eigenvalue weighted by molar-refractivity contribution is 7.89. The van der Waals surface area contributed by atoms with Crippen molar-refractivity contribution in [1.29, 1.82) is 0 Å². The van der Waals surface area contributed by atoms with Gasteiger partial charge in [-0.3, -0.25) is 4.79 Å². The van der Waals surface area contributed by atoms with E-state index in [0.29, 0.717) is 11.3 Å². The summed E-state index contributed by atoms with van der Waals surface area (Å²) in [5.74, 6) is 0.504. The third kappa shape index (κ3) is 4.41. The molecule has 2 aromatic rings. The molecular weight excluding hydrogens is 302 g/mol. The maximum absolute atomic E-state index is 12.1. The van der Waals surface area contributed by atoms with Crippen LogP contribution in [0.2, 0.25) is 0 Å². The van der Waals surface area contributed by atoms with E-state index in [4.69, 9.17) is 4.74 Å². The van der Waals surface area contributed by atoms with Gasteiger partial charge in [0.15, 0.2) is 5.78 Å². The molecule has 2 rings (SSSR count). The summed E-state index contributed by atoms with van der Waals surface area (Å²) < 4.78 is 32.1. The fraction of sp³-hybridized carbons (Fsp3) is 0.188. The molecule has 0 aliphatic heterocycles. The zero-order valence-electron chi connectivity index (χ0n) is 12.2. The normalized spacial score (nSPS) is 11.1. The highest BCUT2D eigenvalue weighted by Crippen LogP contribution is 2.12. The molecule has 0 saturated heterocycles. The smallest absolute Gasteiger partial charge is 0.240 e. The molecule has 0 saturated carbocycles. The van der Waals surface area contributed by atoms with Gasteiger partial charge in [-0.2, -0.15) is 0 Å². The Morgan fingerprint density at radius 3 is 2.50 bits per heavy atom. The van der Waals surface area contributed by atoms with E-state index in [2.05, 4.69) is 4.72 Å². The van der Waals surface area contributed by atoms with Crippen molar-refractivity contribution in [2.24, 2.45) is 0 Å². The number of ketones is 1. The zero-order chi connectivity index (χ0) is 16.0. The number of benzene rings is 2. The van der Waals surface area contributed by atoms with Crippen LogP contribution in [0.4, 0.5) is 0 Å². The van der Waals surface area contributed by atoms with E-state index in [1.54, 1.807) is 24.3 Å². The summed E-state index contributed by atoms with van der Waals surface area (Å²) in [4.78, 5) is 11.4. The predicted octanol–water partition coefficient (Wildman–Crippen LogP) is 2.25. The Hall–Kier alpha value is -2.18. The summed E-state index contributed by atoms with van der Waals surface area (Å²) in [5, 5.41) is 0. The average Bonchev–Trinajstić information content (AvgIpc) is 2.53. The molecule has 0 aromatic heterocycles. The molecule has 0 aliphatic carbocycles. The number of sulfonamides is 1. The second kappa shape index (κ2) is 7.20. The van der Waals surface area contributed by atoms with Crippen LogP contribution in [-0.2, 0) is 10.0 Å². The Labute approximate surface area is 130 Å². The van der Waals surface area contributed by atoms with Crippen LogP contribution in [0.5, 0.6) is 5.75 Å². The van der Waals surface area contributed by atoms with E-state index in [-0.39, 0.29) is 23.8 Å². The molecule has 5 nitrogen and oxygen atoms in total. The van der Waals surface area contributed by atoms with E-state index in [1.165, 1.54) is 19.1 Å². The predicted molar refractivity (Wildman–Crippen MR) is 83.6 cm³/mol.